The molecule has 0 aliphatic rings. The molecule has 0 aromatic rings. The molecule has 76 valence electrons. The molecule has 0 aliphatic heterocycles. The van der Waals surface area contributed by atoms with Gasteiger partial charge in [0.2, 0.25) is 0 Å². The van der Waals surface area contributed by atoms with Crippen molar-refractivity contribution < 1.29 is 25.3 Å². The van der Waals surface area contributed by atoms with Crippen LogP contribution in [0, 0.1) is 0 Å². The van der Waals surface area contributed by atoms with Gasteiger partial charge in [0, 0.05) is 0 Å². The smallest absolute Gasteiger partial charge is 0.277 e. The maximum atomic E-state index is 10.9. The van der Waals surface area contributed by atoms with Gasteiger partial charge in [0.15, 0.2) is 6.10 Å². The fourth-order valence-electron chi connectivity index (χ4n) is 0.629. The second-order valence-corrected chi connectivity index (χ2v) is 2.40. The van der Waals surface area contributed by atoms with E-state index in [4.69, 9.17) is 20.5 Å². The second kappa shape index (κ2) is 5.65. The van der Waals surface area contributed by atoms with Gasteiger partial charge in [0.05, 0.1) is 13.2 Å². The zero-order chi connectivity index (χ0) is 10.4. The number of carbonyl (C=O) groups excluding carboxylic acids is 1. The van der Waals surface area contributed by atoms with Crippen molar-refractivity contribution in [1.82, 2.24) is 5.06 Å². The summed E-state index contributed by atoms with van der Waals surface area (Å²) >= 11 is 0. The van der Waals surface area contributed by atoms with E-state index in [-0.39, 0.29) is 11.6 Å². The van der Waals surface area contributed by atoms with Crippen molar-refractivity contribution in [2.75, 3.05) is 13.2 Å². The maximum Gasteiger partial charge on any atom is 0.277 e. The molecule has 0 aromatic carbocycles. The van der Waals surface area contributed by atoms with E-state index in [0.717, 1.165) is 0 Å². The molecule has 6 heteroatoms. The zero-order valence-corrected chi connectivity index (χ0v) is 7.00. The minimum Gasteiger partial charge on any atom is -0.394 e. The van der Waals surface area contributed by atoms with E-state index in [9.17, 15) is 4.79 Å². The third-order valence-electron chi connectivity index (χ3n) is 1.36. The Kier molecular flexibility index (Phi) is 5.24. The molecule has 0 spiro atoms. The Balaban J connectivity index is 4.15. The van der Waals surface area contributed by atoms with E-state index in [1.807, 2.05) is 0 Å². The van der Waals surface area contributed by atoms with Crippen LogP contribution in [0.5, 0.6) is 0 Å². The highest BCUT2D eigenvalue weighted by Crippen LogP contribution is 1.97. The lowest BCUT2D eigenvalue weighted by atomic mass is 10.2. The SMILES string of the molecule is C=CCN(O)C(=O)[C@H](O)[C@H](O)CO. The summed E-state index contributed by atoms with van der Waals surface area (Å²) in [5, 5.41) is 35.3. The first-order valence-electron chi connectivity index (χ1n) is 3.62. The summed E-state index contributed by atoms with van der Waals surface area (Å²) in [5.74, 6) is -1.08. The van der Waals surface area contributed by atoms with Gasteiger partial charge in [0.25, 0.3) is 5.91 Å². The van der Waals surface area contributed by atoms with Crippen LogP contribution in [-0.2, 0) is 4.79 Å². The van der Waals surface area contributed by atoms with Gasteiger partial charge in [-0.05, 0) is 0 Å². The fourth-order valence-corrected chi connectivity index (χ4v) is 0.629. The number of amides is 1. The normalized spacial score (nSPS) is 14.8. The van der Waals surface area contributed by atoms with E-state index in [1.165, 1.54) is 6.08 Å². The zero-order valence-electron chi connectivity index (χ0n) is 7.00. The van der Waals surface area contributed by atoms with Crippen LogP contribution >= 0.6 is 0 Å². The lowest BCUT2D eigenvalue weighted by Gasteiger charge is -2.19. The van der Waals surface area contributed by atoms with E-state index in [1.54, 1.807) is 0 Å². The number of hydrogen-bond acceptors (Lipinski definition) is 5. The van der Waals surface area contributed by atoms with E-state index in [2.05, 4.69) is 6.58 Å². The van der Waals surface area contributed by atoms with Gasteiger partial charge in [-0.3, -0.25) is 10.0 Å². The minimum atomic E-state index is -1.82. The first-order valence-corrected chi connectivity index (χ1v) is 3.62. The molecule has 0 unspecified atom stereocenters. The van der Waals surface area contributed by atoms with Crippen molar-refractivity contribution in [2.45, 2.75) is 12.2 Å². The van der Waals surface area contributed by atoms with Crippen LogP contribution in [0.2, 0.25) is 0 Å². The molecule has 0 heterocycles. The number of nitrogens with zero attached hydrogens (tertiary/aromatic N) is 1. The summed E-state index contributed by atoms with van der Waals surface area (Å²) in [5.41, 5.74) is 0. The predicted molar refractivity (Wildman–Crippen MR) is 42.8 cm³/mol. The summed E-state index contributed by atoms with van der Waals surface area (Å²) < 4.78 is 0. The topological polar surface area (TPSA) is 101 Å². The summed E-state index contributed by atoms with van der Waals surface area (Å²) in [4.78, 5) is 10.9. The number of rotatable bonds is 5. The van der Waals surface area contributed by atoms with Crippen LogP contribution in [0.15, 0.2) is 12.7 Å². The van der Waals surface area contributed by atoms with Gasteiger partial charge < -0.3 is 15.3 Å². The number of carbonyl (C=O) groups is 1. The van der Waals surface area contributed by atoms with E-state index >= 15 is 0 Å². The predicted octanol–water partition coefficient (Wildman–Crippen LogP) is -1.90. The van der Waals surface area contributed by atoms with Crippen LogP contribution in [0.4, 0.5) is 0 Å². The molecule has 0 aromatic heterocycles. The average molecular weight is 191 g/mol. The quantitative estimate of drug-likeness (QED) is 0.231. The van der Waals surface area contributed by atoms with Crippen molar-refractivity contribution >= 4 is 5.91 Å². The van der Waals surface area contributed by atoms with Crippen molar-refractivity contribution in [3.05, 3.63) is 12.7 Å². The molecule has 0 radical (unpaired) electrons. The Bertz CT molecular complexity index is 184. The highest BCUT2D eigenvalue weighted by atomic mass is 16.5. The largest absolute Gasteiger partial charge is 0.394 e. The summed E-state index contributed by atoms with van der Waals surface area (Å²) in [7, 11) is 0. The van der Waals surface area contributed by atoms with Gasteiger partial charge in [-0.25, -0.2) is 5.06 Å². The highest BCUT2D eigenvalue weighted by molar-refractivity contribution is 5.80. The molecule has 0 saturated carbocycles. The molecule has 0 fully saturated rings. The van der Waals surface area contributed by atoms with Gasteiger partial charge in [-0.2, -0.15) is 0 Å². The number of hydroxylamine groups is 2. The molecule has 6 nitrogen and oxygen atoms in total. The standard InChI is InChI=1S/C7H13NO5/c1-2-3-8(13)7(12)6(11)5(10)4-9/h2,5-6,9-11,13H,1,3-4H2/t5-,6-/m1/s1. The number of aliphatic hydroxyl groups excluding tert-OH is 3. The minimum absolute atomic E-state index is 0.159. The van der Waals surface area contributed by atoms with Crippen LogP contribution < -0.4 is 0 Å². The van der Waals surface area contributed by atoms with Gasteiger partial charge in [-0.1, -0.05) is 6.08 Å². The second-order valence-electron chi connectivity index (χ2n) is 2.40. The Morgan fingerprint density at radius 1 is 1.54 bits per heavy atom. The molecule has 13 heavy (non-hydrogen) atoms. The Labute approximate surface area is 75.3 Å². The third kappa shape index (κ3) is 3.51. The van der Waals surface area contributed by atoms with Crippen LogP contribution in [0.1, 0.15) is 0 Å². The van der Waals surface area contributed by atoms with Gasteiger partial charge >= 0.3 is 0 Å². The van der Waals surface area contributed by atoms with Crippen LogP contribution in [0.3, 0.4) is 0 Å². The summed E-state index contributed by atoms with van der Waals surface area (Å²) in [6.07, 6.45) is -2.17. The average Bonchev–Trinajstić information content (AvgIpc) is 2.14. The molecule has 0 aliphatic carbocycles. The highest BCUT2D eigenvalue weighted by Gasteiger charge is 2.26. The van der Waals surface area contributed by atoms with Crippen molar-refractivity contribution in [2.24, 2.45) is 0 Å². The molecule has 0 saturated heterocycles. The van der Waals surface area contributed by atoms with E-state index < -0.39 is 24.7 Å². The lowest BCUT2D eigenvalue weighted by molar-refractivity contribution is -0.179. The third-order valence-corrected chi connectivity index (χ3v) is 1.36. The Morgan fingerprint density at radius 2 is 2.08 bits per heavy atom. The maximum absolute atomic E-state index is 10.9. The van der Waals surface area contributed by atoms with E-state index in [0.29, 0.717) is 0 Å². The first kappa shape index (κ1) is 12.0. The van der Waals surface area contributed by atoms with Gasteiger partial charge in [-0.15, -0.1) is 6.58 Å². The van der Waals surface area contributed by atoms with Gasteiger partial charge in [0.1, 0.15) is 6.10 Å². The molecule has 0 bridgehead atoms. The monoisotopic (exact) mass is 191 g/mol. The number of hydrogen-bond donors (Lipinski definition) is 4. The van der Waals surface area contributed by atoms with Crippen molar-refractivity contribution in [3.8, 4) is 0 Å². The van der Waals surface area contributed by atoms with Crippen LogP contribution in [-0.4, -0.2) is 56.9 Å². The molecule has 2 atom stereocenters. The molecule has 1 amide bonds. The lowest BCUT2D eigenvalue weighted by Crippen LogP contribution is -2.44. The molecule has 4 N–H and O–H groups in total. The first-order chi connectivity index (χ1) is 6.04. The van der Waals surface area contributed by atoms with Crippen molar-refractivity contribution in [1.29, 1.82) is 0 Å². The number of aliphatic hydroxyl groups is 3. The Morgan fingerprint density at radius 3 is 2.46 bits per heavy atom. The summed E-state index contributed by atoms with van der Waals surface area (Å²) in [6, 6.07) is 0. The molecular formula is C7H13NO5. The fraction of sp³-hybridized carbons (Fsp3) is 0.571. The van der Waals surface area contributed by atoms with Crippen molar-refractivity contribution in [3.63, 3.8) is 0 Å². The molecule has 0 rings (SSSR count). The van der Waals surface area contributed by atoms with Crippen LogP contribution in [0.25, 0.3) is 0 Å². The summed E-state index contributed by atoms with van der Waals surface area (Å²) in [6.45, 7) is 2.35. The molecular weight excluding hydrogens is 178 g/mol. The Hall–Kier alpha value is -0.950.